The molecule has 0 spiro atoms. The molecule has 1 heterocycles. The fourth-order valence-corrected chi connectivity index (χ4v) is 3.72. The van der Waals surface area contributed by atoms with Gasteiger partial charge in [-0.25, -0.2) is 8.42 Å². The number of rotatable bonds is 1. The summed E-state index contributed by atoms with van der Waals surface area (Å²) in [6.45, 7) is 0. The Balaban J connectivity index is 0.00000121. The van der Waals surface area contributed by atoms with Crippen LogP contribution in [0.15, 0.2) is 11.5 Å². The number of thioether (sulfide) groups is 1. The van der Waals surface area contributed by atoms with Crippen molar-refractivity contribution in [2.75, 3.05) is 0 Å². The molecule has 8 heteroatoms. The molecule has 0 aromatic heterocycles. The first-order chi connectivity index (χ1) is 4.84. The van der Waals surface area contributed by atoms with Gasteiger partial charge in [-0.1, -0.05) is 17.8 Å². The number of aliphatic hydroxyl groups is 1. The number of halogens is 1. The van der Waals surface area contributed by atoms with Crippen LogP contribution in [0.1, 0.15) is 0 Å². The van der Waals surface area contributed by atoms with Crippen molar-refractivity contribution in [2.24, 2.45) is 0 Å². The van der Waals surface area contributed by atoms with Crippen molar-refractivity contribution in [2.45, 2.75) is 9.09 Å². The molecule has 2 unspecified atom stereocenters. The Morgan fingerprint density at radius 3 is 2.33 bits per heavy atom. The molecule has 0 aliphatic carbocycles. The maximum atomic E-state index is 10.4. The molecule has 64 valence electrons. The van der Waals surface area contributed by atoms with Crippen LogP contribution in [0.2, 0.25) is 0 Å². The van der Waals surface area contributed by atoms with E-state index in [1.54, 1.807) is 0 Å². The third-order valence-corrected chi connectivity index (χ3v) is 4.65. The third kappa shape index (κ3) is 2.98. The SMILES string of the molecule is O=S(=O)([O-])C1C=CSC1(O)Br.[Na+]. The average Bonchev–Trinajstić information content (AvgIpc) is 2.06. The van der Waals surface area contributed by atoms with Gasteiger partial charge in [0.05, 0.1) is 0 Å². The first-order valence-electron chi connectivity index (χ1n) is 2.54. The molecule has 1 aliphatic heterocycles. The van der Waals surface area contributed by atoms with E-state index in [2.05, 4.69) is 15.9 Å². The second-order valence-electron chi connectivity index (χ2n) is 1.97. The normalized spacial score (nSPS) is 34.8. The molecule has 0 saturated carbocycles. The van der Waals surface area contributed by atoms with E-state index in [4.69, 9.17) is 0 Å². The number of hydrogen-bond donors (Lipinski definition) is 1. The van der Waals surface area contributed by atoms with E-state index in [0.717, 1.165) is 17.8 Å². The molecule has 0 radical (unpaired) electrons. The Morgan fingerprint density at radius 2 is 2.17 bits per heavy atom. The summed E-state index contributed by atoms with van der Waals surface area (Å²) in [6.07, 6.45) is 1.15. The van der Waals surface area contributed by atoms with Crippen LogP contribution < -0.4 is 29.6 Å². The van der Waals surface area contributed by atoms with E-state index >= 15 is 0 Å². The van der Waals surface area contributed by atoms with E-state index in [-0.39, 0.29) is 29.6 Å². The van der Waals surface area contributed by atoms with Crippen LogP contribution in [0.4, 0.5) is 0 Å². The molecule has 4 nitrogen and oxygen atoms in total. The molecule has 0 fully saturated rings. The van der Waals surface area contributed by atoms with E-state index in [9.17, 15) is 18.1 Å². The maximum absolute atomic E-state index is 10.4. The van der Waals surface area contributed by atoms with Gasteiger partial charge in [-0.15, -0.1) is 0 Å². The largest absolute Gasteiger partial charge is 1.00 e. The quantitative estimate of drug-likeness (QED) is 0.320. The van der Waals surface area contributed by atoms with Gasteiger partial charge in [0.1, 0.15) is 15.4 Å². The number of alkyl halides is 1. The summed E-state index contributed by atoms with van der Waals surface area (Å²) < 4.78 is 29.6. The van der Waals surface area contributed by atoms with Crippen LogP contribution in [0.5, 0.6) is 0 Å². The summed E-state index contributed by atoms with van der Waals surface area (Å²) in [4.78, 5) is 0. The summed E-state index contributed by atoms with van der Waals surface area (Å²) in [6, 6.07) is 0. The zero-order valence-corrected chi connectivity index (χ0v) is 11.3. The average molecular weight is 283 g/mol. The molecular formula is C4H4BrNaO4S2. The van der Waals surface area contributed by atoms with Crippen molar-refractivity contribution in [1.29, 1.82) is 0 Å². The van der Waals surface area contributed by atoms with Crippen molar-refractivity contribution < 1.29 is 47.6 Å². The van der Waals surface area contributed by atoms with Crippen LogP contribution >= 0.6 is 27.7 Å². The summed E-state index contributed by atoms with van der Waals surface area (Å²) in [5, 5.41) is 9.19. The minimum Gasteiger partial charge on any atom is -0.747 e. The fourth-order valence-electron chi connectivity index (χ4n) is 0.666. The first-order valence-corrected chi connectivity index (χ1v) is 5.69. The molecule has 0 saturated heterocycles. The molecular weight excluding hydrogens is 279 g/mol. The van der Waals surface area contributed by atoms with Crippen LogP contribution in [-0.2, 0) is 10.1 Å². The summed E-state index contributed by atoms with van der Waals surface area (Å²) in [7, 11) is -4.46. The van der Waals surface area contributed by atoms with Gasteiger partial charge in [-0.2, -0.15) is 0 Å². The second-order valence-corrected chi connectivity index (χ2v) is 6.33. The zero-order valence-electron chi connectivity index (χ0n) is 6.10. The zero-order chi connectivity index (χ0) is 8.70. The van der Waals surface area contributed by atoms with Gasteiger partial charge in [0.25, 0.3) is 0 Å². The van der Waals surface area contributed by atoms with Crippen LogP contribution in [0, 0.1) is 0 Å². The minimum atomic E-state index is -4.46. The van der Waals surface area contributed by atoms with Crippen molar-refractivity contribution in [3.63, 3.8) is 0 Å². The Hall–Kier alpha value is 1.44. The van der Waals surface area contributed by atoms with Gasteiger partial charge in [-0.3, -0.25) is 0 Å². The van der Waals surface area contributed by atoms with E-state index in [1.807, 2.05) is 0 Å². The predicted octanol–water partition coefficient (Wildman–Crippen LogP) is -2.79. The molecule has 1 aliphatic rings. The first kappa shape index (κ1) is 13.4. The van der Waals surface area contributed by atoms with Crippen molar-refractivity contribution in [1.82, 2.24) is 0 Å². The maximum Gasteiger partial charge on any atom is 1.00 e. The molecule has 0 aromatic rings. The van der Waals surface area contributed by atoms with Crippen LogP contribution in [-0.4, -0.2) is 27.2 Å². The molecule has 12 heavy (non-hydrogen) atoms. The molecule has 0 bridgehead atoms. The Bertz CT molecular complexity index is 285. The topological polar surface area (TPSA) is 77.4 Å². The third-order valence-electron chi connectivity index (χ3n) is 1.15. The summed E-state index contributed by atoms with van der Waals surface area (Å²) >= 11 is 3.57. The molecule has 2 atom stereocenters. The molecule has 1 N–H and O–H groups in total. The smallest absolute Gasteiger partial charge is 0.747 e. The van der Waals surface area contributed by atoms with Crippen molar-refractivity contribution >= 4 is 37.8 Å². The Morgan fingerprint density at radius 1 is 1.67 bits per heavy atom. The Labute approximate surface area is 105 Å². The van der Waals surface area contributed by atoms with Gasteiger partial charge in [0.15, 0.2) is 3.84 Å². The van der Waals surface area contributed by atoms with E-state index < -0.39 is 19.2 Å². The molecule has 1 rings (SSSR count). The molecule has 0 aromatic carbocycles. The standard InChI is InChI=1S/C4H5BrO4S2.Na/c5-4(6)3(1-2-10-4)11(7,8)9;/h1-3,6H,(H,7,8,9);/q;+1/p-1. The van der Waals surface area contributed by atoms with Crippen molar-refractivity contribution in [3.05, 3.63) is 11.5 Å². The predicted molar refractivity (Wildman–Crippen MR) is 44.1 cm³/mol. The van der Waals surface area contributed by atoms with Crippen LogP contribution in [0.25, 0.3) is 0 Å². The van der Waals surface area contributed by atoms with Gasteiger partial charge in [0.2, 0.25) is 0 Å². The molecule has 0 amide bonds. The van der Waals surface area contributed by atoms with Gasteiger partial charge >= 0.3 is 29.6 Å². The fraction of sp³-hybridized carbons (Fsp3) is 0.500. The summed E-state index contributed by atoms with van der Waals surface area (Å²) in [5.74, 6) is 0. The minimum absolute atomic E-state index is 0. The van der Waals surface area contributed by atoms with Gasteiger partial charge in [0, 0.05) is 0 Å². The van der Waals surface area contributed by atoms with Gasteiger partial charge < -0.3 is 9.66 Å². The van der Waals surface area contributed by atoms with Crippen molar-refractivity contribution in [3.8, 4) is 0 Å². The van der Waals surface area contributed by atoms with E-state index in [0.29, 0.717) is 0 Å². The number of hydrogen-bond acceptors (Lipinski definition) is 5. The van der Waals surface area contributed by atoms with Gasteiger partial charge in [-0.05, 0) is 21.3 Å². The van der Waals surface area contributed by atoms with E-state index in [1.165, 1.54) is 5.41 Å². The Kier molecular flexibility index (Phi) is 4.83. The van der Waals surface area contributed by atoms with Crippen LogP contribution in [0.3, 0.4) is 0 Å². The second kappa shape index (κ2) is 4.31. The summed E-state index contributed by atoms with van der Waals surface area (Å²) in [5.41, 5.74) is 0. The monoisotopic (exact) mass is 282 g/mol.